The summed E-state index contributed by atoms with van der Waals surface area (Å²) in [4.78, 5) is 16.8. The maximum atomic E-state index is 13.1. The predicted octanol–water partition coefficient (Wildman–Crippen LogP) is 6.37. The van der Waals surface area contributed by atoms with Crippen molar-refractivity contribution in [3.05, 3.63) is 71.0 Å². The molecule has 1 saturated carbocycles. The van der Waals surface area contributed by atoms with E-state index >= 15 is 0 Å². The fourth-order valence-electron chi connectivity index (χ4n) is 5.46. The van der Waals surface area contributed by atoms with Crippen molar-refractivity contribution in [3.8, 4) is 17.0 Å². The molecule has 1 aliphatic heterocycles. The summed E-state index contributed by atoms with van der Waals surface area (Å²) in [6.07, 6.45) is -0.417. The second kappa shape index (κ2) is 12.0. The van der Waals surface area contributed by atoms with Crippen LogP contribution in [0.5, 0.6) is 5.75 Å². The topological polar surface area (TPSA) is 68.0 Å². The molecule has 2 aliphatic rings. The molecule has 1 aromatic heterocycles. The number of aryl methyl sites for hydroxylation is 1. The Labute approximate surface area is 237 Å². The zero-order valence-electron chi connectivity index (χ0n) is 23.5. The largest absolute Gasteiger partial charge is 0.573 e. The van der Waals surface area contributed by atoms with Gasteiger partial charge in [-0.25, -0.2) is 4.79 Å². The molecule has 5 rings (SSSR count). The lowest BCUT2D eigenvalue weighted by Gasteiger charge is -2.36. The van der Waals surface area contributed by atoms with Crippen LogP contribution in [-0.4, -0.2) is 62.2 Å². The van der Waals surface area contributed by atoms with Crippen molar-refractivity contribution in [1.82, 2.24) is 10.1 Å². The Bertz CT molecular complexity index is 1420. The van der Waals surface area contributed by atoms with Crippen LogP contribution in [0.25, 0.3) is 16.8 Å². The van der Waals surface area contributed by atoms with Crippen LogP contribution < -0.4 is 9.64 Å². The molecule has 10 heteroatoms. The molecule has 0 unspecified atom stereocenters. The summed E-state index contributed by atoms with van der Waals surface area (Å²) >= 11 is 0. The van der Waals surface area contributed by atoms with Crippen LogP contribution in [0.1, 0.15) is 48.1 Å². The number of esters is 1. The van der Waals surface area contributed by atoms with Gasteiger partial charge in [-0.15, -0.1) is 13.2 Å². The first kappa shape index (κ1) is 28.7. The molecule has 1 saturated heterocycles. The molecule has 0 atom stereocenters. The maximum Gasteiger partial charge on any atom is 0.573 e. The van der Waals surface area contributed by atoms with E-state index in [4.69, 9.17) is 9.26 Å². The average Bonchev–Trinajstić information content (AvgIpc) is 3.71. The standard InChI is InChI=1S/C31H34F3N3O4/c1-4-23(30(38)39-3)24-12-11-22(19-20(24)2)37-17-15-36(16-18-37)14-13-26-28(35-41-29(26)21-9-10-21)25-7-5-6-8-27(25)40-31(32,33)34/h4-8,11-12,19,21H,9-10,13-18H2,1-3H3/b23-4+. The van der Waals surface area contributed by atoms with E-state index in [0.29, 0.717) is 17.7 Å². The van der Waals surface area contributed by atoms with E-state index in [1.54, 1.807) is 18.2 Å². The Morgan fingerprint density at radius 2 is 1.85 bits per heavy atom. The fourth-order valence-corrected chi connectivity index (χ4v) is 5.46. The molecule has 3 aromatic rings. The smallest absolute Gasteiger partial charge is 0.465 e. The van der Waals surface area contributed by atoms with Crippen LogP contribution in [0, 0.1) is 6.92 Å². The number of ether oxygens (including phenoxy) is 2. The Morgan fingerprint density at radius 1 is 1.12 bits per heavy atom. The van der Waals surface area contributed by atoms with Gasteiger partial charge in [-0.05, 0) is 68.5 Å². The van der Waals surface area contributed by atoms with Crippen LogP contribution in [-0.2, 0) is 16.0 Å². The van der Waals surface area contributed by atoms with E-state index in [-0.39, 0.29) is 23.2 Å². The van der Waals surface area contributed by atoms with Crippen molar-refractivity contribution < 1.29 is 32.0 Å². The number of methoxy groups -OCH3 is 1. The van der Waals surface area contributed by atoms with Crippen molar-refractivity contribution in [2.75, 3.05) is 44.7 Å². The van der Waals surface area contributed by atoms with Gasteiger partial charge in [0.1, 0.15) is 17.2 Å². The third-order valence-corrected chi connectivity index (χ3v) is 7.74. The third-order valence-electron chi connectivity index (χ3n) is 7.74. The van der Waals surface area contributed by atoms with Crippen molar-refractivity contribution >= 4 is 17.2 Å². The number of anilines is 1. The van der Waals surface area contributed by atoms with Crippen LogP contribution in [0.2, 0.25) is 0 Å². The molecule has 0 N–H and O–H groups in total. The fraction of sp³-hybridized carbons (Fsp3) is 0.419. The molecule has 7 nitrogen and oxygen atoms in total. The summed E-state index contributed by atoms with van der Waals surface area (Å²) in [5.41, 5.74) is 5.09. The van der Waals surface area contributed by atoms with E-state index in [9.17, 15) is 18.0 Å². The number of para-hydroxylation sites is 1. The van der Waals surface area contributed by atoms with Gasteiger partial charge in [0.2, 0.25) is 0 Å². The molecule has 0 spiro atoms. The van der Waals surface area contributed by atoms with Gasteiger partial charge in [0.15, 0.2) is 0 Å². The number of nitrogens with zero attached hydrogens (tertiary/aromatic N) is 3. The van der Waals surface area contributed by atoms with Gasteiger partial charge >= 0.3 is 12.3 Å². The molecular weight excluding hydrogens is 535 g/mol. The second-order valence-electron chi connectivity index (χ2n) is 10.5. The van der Waals surface area contributed by atoms with E-state index in [1.807, 2.05) is 26.0 Å². The molecule has 1 aliphatic carbocycles. The first-order valence-electron chi connectivity index (χ1n) is 13.8. The van der Waals surface area contributed by atoms with Crippen LogP contribution in [0.3, 0.4) is 0 Å². The lowest BCUT2D eigenvalue weighted by atomic mass is 9.99. The van der Waals surface area contributed by atoms with Crippen molar-refractivity contribution in [1.29, 1.82) is 0 Å². The number of carbonyl (C=O) groups excluding carboxylic acids is 1. The highest BCUT2D eigenvalue weighted by molar-refractivity contribution is 6.16. The van der Waals surface area contributed by atoms with Crippen LogP contribution in [0.4, 0.5) is 18.9 Å². The number of hydrogen-bond acceptors (Lipinski definition) is 7. The number of allylic oxidation sites excluding steroid dienone is 1. The quantitative estimate of drug-likeness (QED) is 0.219. The number of rotatable bonds is 9. The Balaban J connectivity index is 1.26. The maximum absolute atomic E-state index is 13.1. The molecule has 0 bridgehead atoms. The molecule has 2 fully saturated rings. The highest BCUT2D eigenvalue weighted by Crippen LogP contribution is 2.45. The van der Waals surface area contributed by atoms with Gasteiger partial charge in [-0.3, -0.25) is 4.90 Å². The predicted molar refractivity (Wildman–Crippen MR) is 150 cm³/mol. The molecule has 2 aromatic carbocycles. The Hall–Kier alpha value is -3.79. The van der Waals surface area contributed by atoms with E-state index in [1.165, 1.54) is 19.2 Å². The highest BCUT2D eigenvalue weighted by Gasteiger charge is 2.35. The van der Waals surface area contributed by atoms with Gasteiger partial charge in [0.05, 0.1) is 12.7 Å². The summed E-state index contributed by atoms with van der Waals surface area (Å²) in [7, 11) is 1.38. The molecule has 41 heavy (non-hydrogen) atoms. The number of carbonyl (C=O) groups is 1. The van der Waals surface area contributed by atoms with Crippen LogP contribution >= 0.6 is 0 Å². The molecular formula is C31H34F3N3O4. The number of aromatic nitrogens is 1. The Kier molecular flexibility index (Phi) is 8.40. The second-order valence-corrected chi connectivity index (χ2v) is 10.5. The lowest BCUT2D eigenvalue weighted by molar-refractivity contribution is -0.274. The number of alkyl halides is 3. The zero-order chi connectivity index (χ0) is 29.1. The van der Waals surface area contributed by atoms with Crippen molar-refractivity contribution in [2.24, 2.45) is 0 Å². The summed E-state index contributed by atoms with van der Waals surface area (Å²) in [5, 5.41) is 4.22. The SMILES string of the molecule is C/C=C(/C(=O)OC)c1ccc(N2CCN(CCc3c(-c4ccccc4OC(F)(F)F)noc3C3CC3)CC2)cc1C. The van der Waals surface area contributed by atoms with Crippen molar-refractivity contribution in [3.63, 3.8) is 0 Å². The van der Waals surface area contributed by atoms with Gasteiger partial charge in [0, 0.05) is 55.5 Å². The average molecular weight is 570 g/mol. The normalized spacial score (nSPS) is 16.6. The van der Waals surface area contributed by atoms with E-state index in [2.05, 4.69) is 25.8 Å². The number of benzene rings is 2. The van der Waals surface area contributed by atoms with Gasteiger partial charge < -0.3 is 18.9 Å². The summed E-state index contributed by atoms with van der Waals surface area (Å²) in [6, 6.07) is 12.2. The summed E-state index contributed by atoms with van der Waals surface area (Å²) in [5.74, 6) is 0.421. The number of piperazine rings is 1. The highest BCUT2D eigenvalue weighted by atomic mass is 19.4. The van der Waals surface area contributed by atoms with Gasteiger partial charge in [-0.1, -0.05) is 29.4 Å². The minimum atomic E-state index is -4.80. The van der Waals surface area contributed by atoms with Crippen LogP contribution in [0.15, 0.2) is 53.1 Å². The molecule has 2 heterocycles. The van der Waals surface area contributed by atoms with Gasteiger partial charge in [-0.2, -0.15) is 0 Å². The first-order valence-corrected chi connectivity index (χ1v) is 13.8. The minimum Gasteiger partial charge on any atom is -0.465 e. The Morgan fingerprint density at radius 3 is 2.49 bits per heavy atom. The minimum absolute atomic E-state index is 0.271. The third kappa shape index (κ3) is 6.59. The number of hydrogen-bond donors (Lipinski definition) is 0. The number of halogens is 3. The lowest BCUT2D eigenvalue weighted by Crippen LogP contribution is -2.47. The molecule has 0 radical (unpaired) electrons. The molecule has 0 amide bonds. The summed E-state index contributed by atoms with van der Waals surface area (Å²) < 4.78 is 54.1. The zero-order valence-corrected chi connectivity index (χ0v) is 23.5. The summed E-state index contributed by atoms with van der Waals surface area (Å²) in [6.45, 7) is 7.91. The first-order chi connectivity index (χ1) is 19.7. The monoisotopic (exact) mass is 569 g/mol. The van der Waals surface area contributed by atoms with Gasteiger partial charge in [0.25, 0.3) is 0 Å². The van der Waals surface area contributed by atoms with E-state index in [0.717, 1.165) is 73.7 Å². The van der Waals surface area contributed by atoms with E-state index < -0.39 is 6.36 Å². The van der Waals surface area contributed by atoms with Crippen molar-refractivity contribution in [2.45, 2.75) is 45.4 Å². The molecule has 218 valence electrons.